The highest BCUT2D eigenvalue weighted by Crippen LogP contribution is 2.59. The lowest BCUT2D eigenvalue weighted by Gasteiger charge is -2.58. The molecule has 3 nitrogen and oxygen atoms in total. The smallest absolute Gasteiger partial charge is 0.164 e. The summed E-state index contributed by atoms with van der Waals surface area (Å²) in [5.74, 6) is 2.70. The Kier molecular flexibility index (Phi) is 3.37. The molecule has 3 heteroatoms. The average molecular weight is 301 g/mol. The Balaban J connectivity index is 1.94. The summed E-state index contributed by atoms with van der Waals surface area (Å²) in [6.07, 6.45) is 7.86. The lowest BCUT2D eigenvalue weighted by molar-refractivity contribution is 0.00129. The zero-order chi connectivity index (χ0) is 15.3. The van der Waals surface area contributed by atoms with Crippen LogP contribution >= 0.6 is 0 Å². The van der Waals surface area contributed by atoms with Crippen molar-refractivity contribution in [1.82, 2.24) is 4.90 Å². The van der Waals surface area contributed by atoms with Gasteiger partial charge in [-0.3, -0.25) is 0 Å². The zero-order valence-electron chi connectivity index (χ0n) is 14.0. The monoisotopic (exact) mass is 301 g/mol. The molecule has 2 bridgehead atoms. The van der Waals surface area contributed by atoms with Crippen LogP contribution in [0.4, 0.5) is 0 Å². The molecule has 3 aliphatic rings. The molecule has 4 rings (SSSR count). The molecule has 1 saturated carbocycles. The lowest BCUT2D eigenvalue weighted by atomic mass is 9.52. The van der Waals surface area contributed by atoms with Gasteiger partial charge in [0.25, 0.3) is 0 Å². The van der Waals surface area contributed by atoms with Crippen molar-refractivity contribution in [3.05, 3.63) is 23.3 Å². The molecule has 0 aromatic heterocycles. The van der Waals surface area contributed by atoms with Gasteiger partial charge in [0, 0.05) is 17.0 Å². The molecule has 1 heterocycles. The second kappa shape index (κ2) is 5.16. The molecular formula is C19H27NO2. The van der Waals surface area contributed by atoms with Crippen molar-refractivity contribution in [2.24, 2.45) is 5.92 Å². The maximum atomic E-state index is 5.86. The van der Waals surface area contributed by atoms with E-state index in [1.165, 1.54) is 56.2 Å². The predicted octanol–water partition coefficient (Wildman–Crippen LogP) is 3.39. The van der Waals surface area contributed by atoms with Gasteiger partial charge in [-0.25, -0.2) is 0 Å². The van der Waals surface area contributed by atoms with Gasteiger partial charge in [0.1, 0.15) is 0 Å². The van der Waals surface area contributed by atoms with Crippen LogP contribution in [0.1, 0.15) is 43.2 Å². The molecule has 1 aromatic rings. The summed E-state index contributed by atoms with van der Waals surface area (Å²) in [6, 6.07) is 5.09. The largest absolute Gasteiger partial charge is 0.493 e. The number of likely N-dealkylation sites (N-methyl/N-ethyl adjacent to an activating group) is 1. The zero-order valence-corrected chi connectivity index (χ0v) is 14.0. The second-order valence-corrected chi connectivity index (χ2v) is 7.35. The van der Waals surface area contributed by atoms with Gasteiger partial charge >= 0.3 is 0 Å². The standard InChI is InChI=1S/C19H27NO2/c1-20-11-10-19-9-5-4-6-14(19)15(20)12-13-7-8-16(21-2)18(22-3)17(13)19/h7-8,14-15H,4-6,9-12H2,1-3H3/t14-,15+,19+/m0/s1. The summed E-state index contributed by atoms with van der Waals surface area (Å²) in [4.78, 5) is 2.61. The third kappa shape index (κ3) is 1.78. The third-order valence-electron chi connectivity index (χ3n) is 6.60. The highest BCUT2D eigenvalue weighted by Gasteiger charge is 2.54. The average Bonchev–Trinajstić information content (AvgIpc) is 2.57. The van der Waals surface area contributed by atoms with E-state index < -0.39 is 0 Å². The molecule has 0 N–H and O–H groups in total. The molecule has 22 heavy (non-hydrogen) atoms. The molecule has 0 amide bonds. The van der Waals surface area contributed by atoms with Crippen LogP contribution in [-0.2, 0) is 11.8 Å². The molecule has 0 spiro atoms. The van der Waals surface area contributed by atoms with Crippen molar-refractivity contribution in [3.63, 3.8) is 0 Å². The van der Waals surface area contributed by atoms with Gasteiger partial charge in [-0.2, -0.15) is 0 Å². The minimum atomic E-state index is 0.322. The lowest BCUT2D eigenvalue weighted by Crippen LogP contribution is -2.59. The molecule has 120 valence electrons. The van der Waals surface area contributed by atoms with Crippen molar-refractivity contribution in [1.29, 1.82) is 0 Å². The Labute approximate surface area is 133 Å². The number of nitrogens with zero attached hydrogens (tertiary/aromatic N) is 1. The Morgan fingerprint density at radius 1 is 1.14 bits per heavy atom. The minimum Gasteiger partial charge on any atom is -0.493 e. The molecular weight excluding hydrogens is 274 g/mol. The predicted molar refractivity (Wildman–Crippen MR) is 87.9 cm³/mol. The van der Waals surface area contributed by atoms with Crippen LogP contribution in [0.2, 0.25) is 0 Å². The third-order valence-corrected chi connectivity index (χ3v) is 6.60. The fourth-order valence-electron chi connectivity index (χ4n) is 5.63. The highest BCUT2D eigenvalue weighted by atomic mass is 16.5. The molecule has 0 radical (unpaired) electrons. The van der Waals surface area contributed by atoms with E-state index in [1.54, 1.807) is 14.2 Å². The maximum absolute atomic E-state index is 5.86. The van der Waals surface area contributed by atoms with E-state index in [4.69, 9.17) is 9.47 Å². The number of piperidine rings is 1. The van der Waals surface area contributed by atoms with Crippen molar-refractivity contribution in [3.8, 4) is 11.5 Å². The van der Waals surface area contributed by atoms with E-state index >= 15 is 0 Å². The first kappa shape index (κ1) is 14.4. The summed E-state index contributed by atoms with van der Waals surface area (Å²) < 4.78 is 11.5. The van der Waals surface area contributed by atoms with E-state index in [2.05, 4.69) is 24.1 Å². The van der Waals surface area contributed by atoms with Crippen LogP contribution in [-0.4, -0.2) is 38.8 Å². The Morgan fingerprint density at radius 2 is 2.00 bits per heavy atom. The number of ether oxygens (including phenoxy) is 2. The van der Waals surface area contributed by atoms with Gasteiger partial charge in [-0.1, -0.05) is 18.9 Å². The first-order valence-electron chi connectivity index (χ1n) is 8.66. The fourth-order valence-corrected chi connectivity index (χ4v) is 5.63. The SMILES string of the molecule is COc1ccc2c(c1OC)[C@@]13CCCC[C@H]1[C@@H](C2)N(C)CC3. The number of methoxy groups -OCH3 is 2. The normalized spacial score (nSPS) is 33.8. The highest BCUT2D eigenvalue weighted by molar-refractivity contribution is 5.57. The van der Waals surface area contributed by atoms with Crippen LogP contribution < -0.4 is 9.47 Å². The first-order valence-corrected chi connectivity index (χ1v) is 8.66. The molecule has 1 aromatic carbocycles. The van der Waals surface area contributed by atoms with Crippen LogP contribution in [0.3, 0.4) is 0 Å². The van der Waals surface area contributed by atoms with Crippen LogP contribution in [0.15, 0.2) is 12.1 Å². The van der Waals surface area contributed by atoms with Gasteiger partial charge in [0.15, 0.2) is 11.5 Å². The quantitative estimate of drug-likeness (QED) is 0.836. The van der Waals surface area contributed by atoms with E-state index in [9.17, 15) is 0 Å². The number of hydrogen-bond donors (Lipinski definition) is 0. The Bertz CT molecular complexity index is 585. The maximum Gasteiger partial charge on any atom is 0.164 e. The number of benzene rings is 1. The molecule has 2 fully saturated rings. The number of likely N-dealkylation sites (tertiary alicyclic amines) is 1. The first-order chi connectivity index (χ1) is 10.7. The Hall–Kier alpha value is -1.22. The fraction of sp³-hybridized carbons (Fsp3) is 0.684. The summed E-state index contributed by atoms with van der Waals surface area (Å²) in [5.41, 5.74) is 3.30. The number of fused-ring (bicyclic) bond motifs is 1. The summed E-state index contributed by atoms with van der Waals surface area (Å²) in [5, 5.41) is 0. The van der Waals surface area contributed by atoms with Crippen LogP contribution in [0.5, 0.6) is 11.5 Å². The Morgan fingerprint density at radius 3 is 2.77 bits per heavy atom. The van der Waals surface area contributed by atoms with Gasteiger partial charge in [-0.05, 0) is 56.8 Å². The van der Waals surface area contributed by atoms with Crippen LogP contribution in [0, 0.1) is 5.92 Å². The molecule has 1 aliphatic heterocycles. The van der Waals surface area contributed by atoms with Gasteiger partial charge in [0.05, 0.1) is 14.2 Å². The van der Waals surface area contributed by atoms with Crippen molar-refractivity contribution in [2.75, 3.05) is 27.8 Å². The van der Waals surface area contributed by atoms with Gasteiger partial charge in [0.2, 0.25) is 0 Å². The van der Waals surface area contributed by atoms with E-state index in [0.717, 1.165) is 17.4 Å². The number of hydrogen-bond acceptors (Lipinski definition) is 3. The second-order valence-electron chi connectivity index (χ2n) is 7.35. The summed E-state index contributed by atoms with van der Waals surface area (Å²) in [7, 11) is 5.86. The molecule has 0 unspecified atom stereocenters. The van der Waals surface area contributed by atoms with E-state index in [-0.39, 0.29) is 0 Å². The molecule has 1 saturated heterocycles. The van der Waals surface area contributed by atoms with Crippen LogP contribution in [0.25, 0.3) is 0 Å². The van der Waals surface area contributed by atoms with Gasteiger partial charge in [-0.15, -0.1) is 0 Å². The van der Waals surface area contributed by atoms with E-state index in [1.807, 2.05) is 0 Å². The van der Waals surface area contributed by atoms with Crippen molar-refractivity contribution in [2.45, 2.75) is 50.0 Å². The van der Waals surface area contributed by atoms with Crippen molar-refractivity contribution < 1.29 is 9.47 Å². The van der Waals surface area contributed by atoms with Crippen molar-refractivity contribution >= 4 is 0 Å². The molecule has 2 aliphatic carbocycles. The summed E-state index contributed by atoms with van der Waals surface area (Å²) >= 11 is 0. The van der Waals surface area contributed by atoms with Gasteiger partial charge < -0.3 is 14.4 Å². The molecule has 3 atom stereocenters. The summed E-state index contributed by atoms with van der Waals surface area (Å²) in [6.45, 7) is 1.21. The topological polar surface area (TPSA) is 21.7 Å². The number of rotatable bonds is 2. The van der Waals surface area contributed by atoms with E-state index in [0.29, 0.717) is 11.5 Å². The minimum absolute atomic E-state index is 0.322.